The predicted octanol–water partition coefficient (Wildman–Crippen LogP) is 4.12. The van der Waals surface area contributed by atoms with Gasteiger partial charge in [0, 0.05) is 22.8 Å². The lowest BCUT2D eigenvalue weighted by atomic mass is 10.1. The number of rotatable bonds is 3. The van der Waals surface area contributed by atoms with Crippen LogP contribution in [-0.4, -0.2) is 12.9 Å². The van der Waals surface area contributed by atoms with Gasteiger partial charge in [0.1, 0.15) is 5.84 Å². The number of nitrogens with zero attached hydrogens (tertiary/aromatic N) is 1. The molecule has 2 aromatic carbocycles. The Morgan fingerprint density at radius 2 is 1.75 bits per heavy atom. The maximum absolute atomic E-state index is 7.75. The number of halogens is 1. The Morgan fingerprint density at radius 1 is 1.10 bits per heavy atom. The molecule has 0 saturated heterocycles. The minimum Gasteiger partial charge on any atom is -0.384 e. The molecule has 0 saturated carbocycles. The van der Waals surface area contributed by atoms with Crippen molar-refractivity contribution in [1.29, 1.82) is 5.41 Å². The fourth-order valence-electron chi connectivity index (χ4n) is 2.33. The first-order chi connectivity index (χ1) is 9.40. The van der Waals surface area contributed by atoms with E-state index in [4.69, 9.17) is 11.1 Å². The average Bonchev–Trinajstić information content (AvgIpc) is 2.37. The largest absolute Gasteiger partial charge is 0.384 e. The summed E-state index contributed by atoms with van der Waals surface area (Å²) < 4.78 is 0.917. The van der Waals surface area contributed by atoms with E-state index in [1.165, 1.54) is 11.1 Å². The van der Waals surface area contributed by atoms with Crippen LogP contribution in [0.3, 0.4) is 0 Å². The Kier molecular flexibility index (Phi) is 4.14. The first-order valence-electron chi connectivity index (χ1n) is 6.35. The Hall–Kier alpha value is -1.81. The molecule has 0 aliphatic carbocycles. The molecule has 0 atom stereocenters. The maximum atomic E-state index is 7.75. The molecule has 0 aliphatic rings. The highest BCUT2D eigenvalue weighted by atomic mass is 79.9. The number of hydrogen-bond acceptors (Lipinski definition) is 2. The maximum Gasteiger partial charge on any atom is 0.124 e. The van der Waals surface area contributed by atoms with Crippen LogP contribution in [0, 0.1) is 19.3 Å². The molecule has 2 aromatic rings. The number of nitrogen functional groups attached to an aromatic ring is 1. The fraction of sp³-hybridized carbons (Fsp3) is 0.188. The van der Waals surface area contributed by atoms with Gasteiger partial charge in [0.25, 0.3) is 0 Å². The standard InChI is InChI=1S/C16H18BrN3/c1-10-4-6-14(11(2)8-10)20(3)15-7-5-12(17)9-13(15)16(18)19/h4-9H,1-3H3,(H3,18,19). The summed E-state index contributed by atoms with van der Waals surface area (Å²) in [5.74, 6) is 0.0675. The molecule has 104 valence electrons. The SMILES string of the molecule is Cc1ccc(N(C)c2ccc(Br)cc2C(=N)N)c(C)c1. The Morgan fingerprint density at radius 3 is 2.35 bits per heavy atom. The van der Waals surface area contributed by atoms with Gasteiger partial charge in [0.15, 0.2) is 0 Å². The zero-order valence-corrected chi connectivity index (χ0v) is 13.5. The van der Waals surface area contributed by atoms with E-state index in [0.29, 0.717) is 0 Å². The van der Waals surface area contributed by atoms with Crippen molar-refractivity contribution in [3.63, 3.8) is 0 Å². The van der Waals surface area contributed by atoms with Crippen LogP contribution in [0.25, 0.3) is 0 Å². The third-order valence-electron chi connectivity index (χ3n) is 3.32. The van der Waals surface area contributed by atoms with Gasteiger partial charge < -0.3 is 10.6 Å². The van der Waals surface area contributed by atoms with Crippen molar-refractivity contribution >= 4 is 33.1 Å². The van der Waals surface area contributed by atoms with Gasteiger partial charge in [0.05, 0.1) is 5.69 Å². The summed E-state index contributed by atoms with van der Waals surface area (Å²) in [5, 5.41) is 7.75. The number of nitrogens with one attached hydrogen (secondary N) is 1. The van der Waals surface area contributed by atoms with E-state index in [9.17, 15) is 0 Å². The van der Waals surface area contributed by atoms with E-state index in [1.807, 2.05) is 25.2 Å². The summed E-state index contributed by atoms with van der Waals surface area (Å²) in [4.78, 5) is 2.07. The summed E-state index contributed by atoms with van der Waals surface area (Å²) in [5.41, 5.74) is 10.9. The summed E-state index contributed by atoms with van der Waals surface area (Å²) in [6.45, 7) is 4.17. The molecule has 0 radical (unpaired) electrons. The van der Waals surface area contributed by atoms with E-state index in [0.717, 1.165) is 21.4 Å². The monoisotopic (exact) mass is 331 g/mol. The van der Waals surface area contributed by atoms with Crippen LogP contribution in [0.1, 0.15) is 16.7 Å². The first kappa shape index (κ1) is 14.6. The van der Waals surface area contributed by atoms with Crippen molar-refractivity contribution in [2.45, 2.75) is 13.8 Å². The number of amidine groups is 1. The topological polar surface area (TPSA) is 53.1 Å². The second-order valence-electron chi connectivity index (χ2n) is 4.92. The lowest BCUT2D eigenvalue weighted by Gasteiger charge is -2.24. The van der Waals surface area contributed by atoms with Gasteiger partial charge in [-0.3, -0.25) is 5.41 Å². The average molecular weight is 332 g/mol. The molecule has 0 spiro atoms. The fourth-order valence-corrected chi connectivity index (χ4v) is 2.69. The predicted molar refractivity (Wildman–Crippen MR) is 89.1 cm³/mol. The summed E-state index contributed by atoms with van der Waals surface area (Å²) >= 11 is 3.42. The number of aryl methyl sites for hydroxylation is 2. The molecule has 4 heteroatoms. The highest BCUT2D eigenvalue weighted by Crippen LogP contribution is 2.31. The van der Waals surface area contributed by atoms with Gasteiger partial charge in [-0.2, -0.15) is 0 Å². The highest BCUT2D eigenvalue weighted by molar-refractivity contribution is 9.10. The highest BCUT2D eigenvalue weighted by Gasteiger charge is 2.13. The van der Waals surface area contributed by atoms with E-state index >= 15 is 0 Å². The third-order valence-corrected chi connectivity index (χ3v) is 3.82. The number of benzene rings is 2. The third kappa shape index (κ3) is 2.85. The van der Waals surface area contributed by atoms with Crippen LogP contribution in [-0.2, 0) is 0 Å². The number of hydrogen-bond donors (Lipinski definition) is 2. The molecule has 3 N–H and O–H groups in total. The second-order valence-corrected chi connectivity index (χ2v) is 5.84. The van der Waals surface area contributed by atoms with Crippen molar-refractivity contribution in [2.75, 3.05) is 11.9 Å². The normalized spacial score (nSPS) is 10.4. The van der Waals surface area contributed by atoms with Crippen LogP contribution in [0.2, 0.25) is 0 Å². The van der Waals surface area contributed by atoms with Crippen LogP contribution >= 0.6 is 15.9 Å². The van der Waals surface area contributed by atoms with Gasteiger partial charge in [-0.05, 0) is 43.7 Å². The van der Waals surface area contributed by atoms with Crippen molar-refractivity contribution in [3.8, 4) is 0 Å². The molecule has 3 nitrogen and oxygen atoms in total. The summed E-state index contributed by atoms with van der Waals surface area (Å²) in [6.07, 6.45) is 0. The van der Waals surface area contributed by atoms with Gasteiger partial charge in [-0.25, -0.2) is 0 Å². The summed E-state index contributed by atoms with van der Waals surface area (Å²) in [7, 11) is 1.99. The lowest BCUT2D eigenvalue weighted by Crippen LogP contribution is -2.19. The van der Waals surface area contributed by atoms with Crippen LogP contribution in [0.15, 0.2) is 40.9 Å². The number of nitrogens with two attached hydrogens (primary N) is 1. The molecule has 0 aromatic heterocycles. The first-order valence-corrected chi connectivity index (χ1v) is 7.14. The molecule has 20 heavy (non-hydrogen) atoms. The van der Waals surface area contributed by atoms with E-state index in [2.05, 4.69) is 52.9 Å². The molecule has 0 bridgehead atoms. The van der Waals surface area contributed by atoms with Crippen molar-refractivity contribution in [2.24, 2.45) is 5.73 Å². The minimum absolute atomic E-state index is 0.0675. The number of anilines is 2. The second kappa shape index (κ2) is 5.67. The van der Waals surface area contributed by atoms with Crippen molar-refractivity contribution < 1.29 is 0 Å². The molecule has 2 rings (SSSR count). The van der Waals surface area contributed by atoms with E-state index < -0.39 is 0 Å². The van der Waals surface area contributed by atoms with Crippen LogP contribution in [0.4, 0.5) is 11.4 Å². The quantitative estimate of drug-likeness (QED) is 0.656. The molecule has 0 heterocycles. The molecular weight excluding hydrogens is 314 g/mol. The zero-order valence-electron chi connectivity index (χ0n) is 11.9. The minimum atomic E-state index is 0.0675. The van der Waals surface area contributed by atoms with Crippen LogP contribution < -0.4 is 10.6 Å². The summed E-state index contributed by atoms with van der Waals surface area (Å²) in [6, 6.07) is 12.1. The van der Waals surface area contributed by atoms with Crippen molar-refractivity contribution in [1.82, 2.24) is 0 Å². The smallest absolute Gasteiger partial charge is 0.124 e. The van der Waals surface area contributed by atoms with Gasteiger partial charge in [-0.15, -0.1) is 0 Å². The Bertz CT molecular complexity index is 665. The van der Waals surface area contributed by atoms with Crippen LogP contribution in [0.5, 0.6) is 0 Å². The van der Waals surface area contributed by atoms with E-state index in [-0.39, 0.29) is 5.84 Å². The Labute approximate surface area is 128 Å². The molecular formula is C16H18BrN3. The van der Waals surface area contributed by atoms with E-state index in [1.54, 1.807) is 0 Å². The van der Waals surface area contributed by atoms with Gasteiger partial charge >= 0.3 is 0 Å². The Balaban J connectivity index is 2.53. The lowest BCUT2D eigenvalue weighted by molar-refractivity contribution is 1.17. The molecule has 0 fully saturated rings. The van der Waals surface area contributed by atoms with Gasteiger partial charge in [-0.1, -0.05) is 33.6 Å². The molecule has 0 unspecified atom stereocenters. The zero-order chi connectivity index (χ0) is 14.9. The molecule has 0 amide bonds. The van der Waals surface area contributed by atoms with Gasteiger partial charge in [0.2, 0.25) is 0 Å². The van der Waals surface area contributed by atoms with Crippen molar-refractivity contribution in [3.05, 3.63) is 57.6 Å². The molecule has 0 aliphatic heterocycles.